The quantitative estimate of drug-likeness (QED) is 0.309. The molecule has 2 N–H and O–H groups in total. The zero-order chi connectivity index (χ0) is 22.5. The van der Waals surface area contributed by atoms with Gasteiger partial charge in [-0.3, -0.25) is 14.4 Å². The third kappa shape index (κ3) is 5.42. The van der Waals surface area contributed by atoms with E-state index in [0.29, 0.717) is 37.6 Å². The molecule has 10 heteroatoms. The number of ether oxygens (including phenoxy) is 1. The molecular weight excluding hydrogens is 452 g/mol. The lowest BCUT2D eigenvalue weighted by Gasteiger charge is -2.46. The Morgan fingerprint density at radius 3 is 2.41 bits per heavy atom. The Balaban J connectivity index is 0.00000363. The van der Waals surface area contributed by atoms with Crippen molar-refractivity contribution in [1.29, 1.82) is 0 Å². The Kier molecular flexibility index (Phi) is 9.85. The van der Waals surface area contributed by atoms with Crippen LogP contribution in [0.4, 0.5) is 0 Å². The number of thioether (sulfide) groups is 1. The Bertz CT molecular complexity index is 688. The molecule has 0 aromatic carbocycles. The Hall–Kier alpha value is -1.32. The van der Waals surface area contributed by atoms with Crippen LogP contribution in [0.3, 0.4) is 0 Å². The van der Waals surface area contributed by atoms with Crippen molar-refractivity contribution in [2.75, 3.05) is 25.5 Å². The average Bonchev–Trinajstić information content (AvgIpc) is 3.09. The highest BCUT2D eigenvalue weighted by Gasteiger charge is 2.53. The lowest BCUT2D eigenvalue weighted by molar-refractivity contribution is -0.148. The number of amides is 2. The van der Waals surface area contributed by atoms with Crippen LogP contribution in [0.5, 0.6) is 0 Å². The number of hydrazone groups is 1. The molecule has 0 aromatic heterocycles. The summed E-state index contributed by atoms with van der Waals surface area (Å²) in [7, 11) is 0. The molecule has 2 heterocycles. The molecule has 3 rings (SSSR count). The molecule has 0 bridgehead atoms. The summed E-state index contributed by atoms with van der Waals surface area (Å²) in [5.41, 5.74) is 1.27. The van der Waals surface area contributed by atoms with Crippen molar-refractivity contribution in [3.8, 4) is 0 Å². The van der Waals surface area contributed by atoms with Crippen molar-refractivity contribution in [1.82, 2.24) is 15.6 Å². The van der Waals surface area contributed by atoms with Crippen molar-refractivity contribution in [2.24, 2.45) is 16.9 Å². The van der Waals surface area contributed by atoms with E-state index in [2.05, 4.69) is 34.6 Å². The number of Topliss-reactive ketones (excluding diaryl/α,β-unsaturated/α-hetero) is 1. The molecule has 1 unspecified atom stereocenters. The van der Waals surface area contributed by atoms with Crippen LogP contribution in [0.25, 0.3) is 0 Å². The van der Waals surface area contributed by atoms with Crippen molar-refractivity contribution in [3.63, 3.8) is 0 Å². The number of carbonyl (C=O) groups is 3. The molecule has 0 aromatic rings. The van der Waals surface area contributed by atoms with Crippen molar-refractivity contribution in [2.45, 2.75) is 76.8 Å². The summed E-state index contributed by atoms with van der Waals surface area (Å²) in [6, 6.07) is 0. The van der Waals surface area contributed by atoms with E-state index in [1.807, 2.05) is 6.92 Å². The second-order valence-electron chi connectivity index (χ2n) is 9.36. The van der Waals surface area contributed by atoms with Gasteiger partial charge in [0, 0.05) is 31.1 Å². The number of amidine groups is 1. The molecule has 182 valence electrons. The number of hydrogen-bond acceptors (Lipinski definition) is 6. The molecule has 3 aliphatic rings. The highest BCUT2D eigenvalue weighted by atomic mass is 35.5. The van der Waals surface area contributed by atoms with E-state index in [-0.39, 0.29) is 29.8 Å². The number of nitrogens with zero attached hydrogens (tertiary/aromatic N) is 2. The van der Waals surface area contributed by atoms with Gasteiger partial charge in [0.1, 0.15) is 5.54 Å². The van der Waals surface area contributed by atoms with Crippen molar-refractivity contribution >= 4 is 47.4 Å². The van der Waals surface area contributed by atoms with Crippen LogP contribution >= 0.6 is 24.2 Å². The van der Waals surface area contributed by atoms with Crippen molar-refractivity contribution in [3.05, 3.63) is 0 Å². The first-order chi connectivity index (χ1) is 14.9. The third-order valence-electron chi connectivity index (χ3n) is 7.08. The summed E-state index contributed by atoms with van der Waals surface area (Å²) in [4.78, 5) is 40.6. The predicted octanol–water partition coefficient (Wildman–Crippen LogP) is 2.70. The fourth-order valence-electron chi connectivity index (χ4n) is 5.46. The van der Waals surface area contributed by atoms with Crippen LogP contribution in [0, 0.1) is 11.8 Å². The summed E-state index contributed by atoms with van der Waals surface area (Å²) in [5.74, 6) is -0.627. The summed E-state index contributed by atoms with van der Waals surface area (Å²) in [6.07, 6.45) is 6.69. The molecule has 1 aliphatic carbocycles. The number of rotatable bonds is 8. The molecule has 2 aliphatic heterocycles. The maximum atomic E-state index is 13.7. The Morgan fingerprint density at radius 1 is 1.19 bits per heavy atom. The van der Waals surface area contributed by atoms with Crippen LogP contribution in [0.2, 0.25) is 0 Å². The maximum Gasteiger partial charge on any atom is 0.310 e. The van der Waals surface area contributed by atoms with Gasteiger partial charge < -0.3 is 15.0 Å². The van der Waals surface area contributed by atoms with Crippen LogP contribution in [-0.4, -0.2) is 64.8 Å². The zero-order valence-corrected chi connectivity index (χ0v) is 21.0. The number of halogens is 1. The van der Waals surface area contributed by atoms with Gasteiger partial charge in [-0.15, -0.1) is 17.5 Å². The molecule has 2 saturated heterocycles. The summed E-state index contributed by atoms with van der Waals surface area (Å²) < 4.78 is 5.50. The number of nitrogens with one attached hydrogen (secondary N) is 2. The number of carbonyl (C=O) groups excluding carboxylic acids is 3. The van der Waals surface area contributed by atoms with Gasteiger partial charge in [0.15, 0.2) is 5.17 Å². The highest BCUT2D eigenvalue weighted by Crippen LogP contribution is 2.41. The molecule has 3 fully saturated rings. The van der Waals surface area contributed by atoms with E-state index in [4.69, 9.17) is 4.74 Å². The summed E-state index contributed by atoms with van der Waals surface area (Å²) in [6.45, 7) is 8.15. The van der Waals surface area contributed by atoms with Crippen LogP contribution in [0.15, 0.2) is 5.10 Å². The topological polar surface area (TPSA) is 100 Å². The first-order valence-electron chi connectivity index (χ1n) is 11.5. The van der Waals surface area contributed by atoms with E-state index in [1.54, 1.807) is 11.8 Å². The lowest BCUT2D eigenvalue weighted by atomic mass is 9.63. The Labute approximate surface area is 201 Å². The smallest absolute Gasteiger partial charge is 0.310 e. The monoisotopic (exact) mass is 488 g/mol. The molecule has 8 nitrogen and oxygen atoms in total. The molecule has 2 amide bonds. The second-order valence-corrected chi connectivity index (χ2v) is 10.3. The van der Waals surface area contributed by atoms with Gasteiger partial charge in [-0.05, 0) is 58.3 Å². The van der Waals surface area contributed by atoms with Crippen molar-refractivity contribution < 1.29 is 19.1 Å². The maximum absolute atomic E-state index is 13.7. The summed E-state index contributed by atoms with van der Waals surface area (Å²) >= 11 is 1.57. The number of hydrogen-bond donors (Lipinski definition) is 2. The van der Waals surface area contributed by atoms with Gasteiger partial charge in [-0.1, -0.05) is 31.0 Å². The van der Waals surface area contributed by atoms with Gasteiger partial charge in [0.2, 0.25) is 12.2 Å². The molecule has 1 saturated carbocycles. The third-order valence-corrected chi connectivity index (χ3v) is 8.50. The second kappa shape index (κ2) is 11.7. The van der Waals surface area contributed by atoms with Gasteiger partial charge >= 0.3 is 5.91 Å². The molecule has 1 atom stereocenters. The normalized spacial score (nSPS) is 25.0. The fourth-order valence-corrected chi connectivity index (χ4v) is 6.74. The standard InChI is InChI=1S/C22H36N4O4S.ClH/c1-4-26-20(31-14-21(26,2)3)25-24-19(29)18(28)22(23-15-27,16-8-6-5-7-9-16)17-10-12-30-13-11-17;/h15-17H,4-14H2,1-3H3,(H,23,27)(H,24,29);1H. The van der Waals surface area contributed by atoms with Crippen LogP contribution in [-0.2, 0) is 19.1 Å². The van der Waals surface area contributed by atoms with E-state index >= 15 is 0 Å². The Morgan fingerprint density at radius 2 is 1.81 bits per heavy atom. The average molecular weight is 489 g/mol. The molecular formula is C22H37ClN4O4S. The molecule has 32 heavy (non-hydrogen) atoms. The number of ketones is 1. The lowest BCUT2D eigenvalue weighted by Crippen LogP contribution is -2.66. The van der Waals surface area contributed by atoms with Gasteiger partial charge in [-0.2, -0.15) is 0 Å². The largest absolute Gasteiger partial charge is 0.381 e. The molecule has 0 spiro atoms. The van der Waals surface area contributed by atoms with Gasteiger partial charge in [0.25, 0.3) is 0 Å². The van der Waals surface area contributed by atoms with Crippen LogP contribution in [0.1, 0.15) is 65.7 Å². The fraction of sp³-hybridized carbons (Fsp3) is 0.818. The SMILES string of the molecule is CCN1C(=NNC(=O)C(=O)C(NC=O)(C2CCCCC2)C2CCOCC2)SCC1(C)C.Cl. The van der Waals surface area contributed by atoms with E-state index in [1.165, 1.54) is 0 Å². The van der Waals surface area contributed by atoms with E-state index in [9.17, 15) is 14.4 Å². The first kappa shape index (κ1) is 26.9. The van der Waals surface area contributed by atoms with Gasteiger partial charge in [0.05, 0.1) is 0 Å². The van der Waals surface area contributed by atoms with Gasteiger partial charge in [-0.25, -0.2) is 5.43 Å². The molecule has 0 radical (unpaired) electrons. The highest BCUT2D eigenvalue weighted by molar-refractivity contribution is 8.14. The summed E-state index contributed by atoms with van der Waals surface area (Å²) in [5, 5.41) is 7.88. The zero-order valence-electron chi connectivity index (χ0n) is 19.4. The van der Waals surface area contributed by atoms with E-state index in [0.717, 1.165) is 44.4 Å². The van der Waals surface area contributed by atoms with Crippen LogP contribution < -0.4 is 10.7 Å². The first-order valence-corrected chi connectivity index (χ1v) is 12.5. The minimum atomic E-state index is -1.19. The van der Waals surface area contributed by atoms with E-state index < -0.39 is 17.2 Å². The predicted molar refractivity (Wildman–Crippen MR) is 129 cm³/mol. The minimum absolute atomic E-state index is 0. The minimum Gasteiger partial charge on any atom is -0.381 e.